The third-order valence-corrected chi connectivity index (χ3v) is 4.89. The quantitative estimate of drug-likeness (QED) is 0.752. The monoisotopic (exact) mass is 362 g/mol. The van der Waals surface area contributed by atoms with Crippen molar-refractivity contribution in [2.45, 2.75) is 44.7 Å². The number of aromatic nitrogens is 5. The molecule has 138 valence electrons. The number of fused-ring (bicyclic) bond motifs is 1. The highest BCUT2D eigenvalue weighted by Gasteiger charge is 2.22. The van der Waals surface area contributed by atoms with Crippen molar-refractivity contribution >= 4 is 5.91 Å². The zero-order valence-electron chi connectivity index (χ0n) is 15.1. The van der Waals surface area contributed by atoms with Gasteiger partial charge in [0.2, 0.25) is 5.91 Å². The minimum atomic E-state index is 0.0917. The summed E-state index contributed by atoms with van der Waals surface area (Å²) in [7, 11) is 0. The van der Waals surface area contributed by atoms with E-state index in [9.17, 15) is 4.79 Å². The standard InChI is InChI=1S/C20H22N6O/c27-19(8-5-15-3-1-10-21-13-15)23-17-6-7-18-24-25-20(26(18)12-9-17)16-4-2-11-22-14-16/h1-4,10-11,13-14,17H,5-9,12H2,(H,23,27). The van der Waals surface area contributed by atoms with Gasteiger partial charge in [0.05, 0.1) is 0 Å². The third-order valence-electron chi connectivity index (χ3n) is 4.89. The third kappa shape index (κ3) is 4.19. The summed E-state index contributed by atoms with van der Waals surface area (Å²) in [5.74, 6) is 1.91. The number of carbonyl (C=O) groups excluding carboxylic acids is 1. The smallest absolute Gasteiger partial charge is 0.220 e. The van der Waals surface area contributed by atoms with E-state index in [-0.39, 0.29) is 11.9 Å². The van der Waals surface area contributed by atoms with E-state index < -0.39 is 0 Å². The van der Waals surface area contributed by atoms with Crippen molar-refractivity contribution in [1.29, 1.82) is 0 Å². The number of hydrogen-bond donors (Lipinski definition) is 1. The Kier molecular flexibility index (Phi) is 5.18. The average Bonchev–Trinajstić information content (AvgIpc) is 3.02. The largest absolute Gasteiger partial charge is 0.353 e. The molecule has 3 aromatic rings. The maximum absolute atomic E-state index is 12.3. The van der Waals surface area contributed by atoms with Crippen molar-refractivity contribution < 1.29 is 4.79 Å². The van der Waals surface area contributed by atoms with Gasteiger partial charge in [-0.05, 0) is 43.0 Å². The minimum Gasteiger partial charge on any atom is -0.353 e. The van der Waals surface area contributed by atoms with Gasteiger partial charge in [-0.3, -0.25) is 14.8 Å². The van der Waals surface area contributed by atoms with Gasteiger partial charge in [-0.15, -0.1) is 10.2 Å². The summed E-state index contributed by atoms with van der Waals surface area (Å²) in [4.78, 5) is 20.6. The molecule has 1 aliphatic rings. The molecule has 7 heteroatoms. The topological polar surface area (TPSA) is 85.6 Å². The van der Waals surface area contributed by atoms with E-state index in [0.29, 0.717) is 12.8 Å². The first-order valence-corrected chi connectivity index (χ1v) is 9.30. The second-order valence-corrected chi connectivity index (χ2v) is 6.79. The molecule has 0 saturated carbocycles. The Morgan fingerprint density at radius 1 is 1.11 bits per heavy atom. The fraction of sp³-hybridized carbons (Fsp3) is 0.350. The van der Waals surface area contributed by atoms with Crippen LogP contribution in [0.1, 0.15) is 30.7 Å². The number of carbonyl (C=O) groups is 1. The highest BCUT2D eigenvalue weighted by molar-refractivity contribution is 5.76. The predicted molar refractivity (Wildman–Crippen MR) is 101 cm³/mol. The SMILES string of the molecule is O=C(CCc1cccnc1)NC1CCc2nnc(-c3cccnc3)n2CC1. The van der Waals surface area contributed by atoms with Gasteiger partial charge in [-0.25, -0.2) is 0 Å². The summed E-state index contributed by atoms with van der Waals surface area (Å²) in [6.45, 7) is 0.792. The summed E-state index contributed by atoms with van der Waals surface area (Å²) < 4.78 is 2.15. The Morgan fingerprint density at radius 3 is 2.74 bits per heavy atom. The summed E-state index contributed by atoms with van der Waals surface area (Å²) in [6, 6.07) is 7.95. The number of amides is 1. The second kappa shape index (κ2) is 8.07. The van der Waals surface area contributed by atoms with Crippen LogP contribution in [0.15, 0.2) is 49.1 Å². The van der Waals surface area contributed by atoms with Crippen molar-refractivity contribution in [3.8, 4) is 11.4 Å². The molecule has 4 rings (SSSR count). The molecule has 0 aliphatic carbocycles. The maximum Gasteiger partial charge on any atom is 0.220 e. The first-order chi connectivity index (χ1) is 13.3. The molecule has 1 unspecified atom stereocenters. The first kappa shape index (κ1) is 17.3. The maximum atomic E-state index is 12.3. The molecule has 1 amide bonds. The first-order valence-electron chi connectivity index (χ1n) is 9.30. The van der Waals surface area contributed by atoms with Crippen molar-refractivity contribution in [2.24, 2.45) is 0 Å². The number of hydrogen-bond acceptors (Lipinski definition) is 5. The Labute approximate surface area is 157 Å². The summed E-state index contributed by atoms with van der Waals surface area (Å²) >= 11 is 0. The van der Waals surface area contributed by atoms with Gasteiger partial charge in [0.15, 0.2) is 5.82 Å². The van der Waals surface area contributed by atoms with Crippen LogP contribution in [0.3, 0.4) is 0 Å². The van der Waals surface area contributed by atoms with Crippen LogP contribution >= 0.6 is 0 Å². The lowest BCUT2D eigenvalue weighted by atomic mass is 10.1. The van der Waals surface area contributed by atoms with Gasteiger partial charge < -0.3 is 9.88 Å². The number of nitrogens with zero attached hydrogens (tertiary/aromatic N) is 5. The summed E-state index contributed by atoms with van der Waals surface area (Å²) in [6.07, 6.45) is 10.9. The molecule has 0 saturated heterocycles. The van der Waals surface area contributed by atoms with E-state index in [2.05, 4.69) is 30.0 Å². The molecule has 27 heavy (non-hydrogen) atoms. The molecule has 0 aromatic carbocycles. The van der Waals surface area contributed by atoms with Crippen molar-refractivity contribution in [3.05, 3.63) is 60.4 Å². The molecule has 3 aromatic heterocycles. The lowest BCUT2D eigenvalue weighted by Gasteiger charge is -2.16. The van der Waals surface area contributed by atoms with Crippen molar-refractivity contribution in [2.75, 3.05) is 0 Å². The fourth-order valence-corrected chi connectivity index (χ4v) is 3.44. The Balaban J connectivity index is 1.35. The van der Waals surface area contributed by atoms with Crippen LogP contribution in [0.5, 0.6) is 0 Å². The molecule has 1 atom stereocenters. The molecule has 1 aliphatic heterocycles. The molecule has 0 fully saturated rings. The normalized spacial score (nSPS) is 16.4. The highest BCUT2D eigenvalue weighted by Crippen LogP contribution is 2.22. The van der Waals surface area contributed by atoms with Crippen LogP contribution in [-0.4, -0.2) is 36.7 Å². The highest BCUT2D eigenvalue weighted by atomic mass is 16.1. The second-order valence-electron chi connectivity index (χ2n) is 6.79. The van der Waals surface area contributed by atoms with E-state index in [0.717, 1.165) is 48.6 Å². The van der Waals surface area contributed by atoms with Crippen molar-refractivity contribution in [1.82, 2.24) is 30.0 Å². The average molecular weight is 362 g/mol. The molecule has 0 radical (unpaired) electrons. The molecule has 4 heterocycles. The van der Waals surface area contributed by atoms with Crippen LogP contribution in [-0.2, 0) is 24.2 Å². The van der Waals surface area contributed by atoms with Crippen LogP contribution in [0.2, 0.25) is 0 Å². The van der Waals surface area contributed by atoms with Gasteiger partial charge in [-0.2, -0.15) is 0 Å². The number of rotatable bonds is 5. The lowest BCUT2D eigenvalue weighted by molar-refractivity contribution is -0.121. The van der Waals surface area contributed by atoms with Crippen LogP contribution in [0.4, 0.5) is 0 Å². The van der Waals surface area contributed by atoms with E-state index >= 15 is 0 Å². The minimum absolute atomic E-state index is 0.0917. The van der Waals surface area contributed by atoms with Gasteiger partial charge in [-0.1, -0.05) is 6.07 Å². The van der Waals surface area contributed by atoms with Crippen LogP contribution in [0, 0.1) is 0 Å². The number of pyridine rings is 2. The van der Waals surface area contributed by atoms with Crippen LogP contribution < -0.4 is 5.32 Å². The van der Waals surface area contributed by atoms with E-state index in [4.69, 9.17) is 0 Å². The van der Waals surface area contributed by atoms with Crippen LogP contribution in [0.25, 0.3) is 11.4 Å². The summed E-state index contributed by atoms with van der Waals surface area (Å²) in [5.41, 5.74) is 2.05. The Bertz CT molecular complexity index is 893. The number of nitrogens with one attached hydrogen (secondary N) is 1. The van der Waals surface area contributed by atoms with Crippen molar-refractivity contribution in [3.63, 3.8) is 0 Å². The van der Waals surface area contributed by atoms with E-state index in [1.807, 2.05) is 30.5 Å². The van der Waals surface area contributed by atoms with Gasteiger partial charge in [0.25, 0.3) is 0 Å². The molecule has 1 N–H and O–H groups in total. The van der Waals surface area contributed by atoms with Gasteiger partial charge in [0.1, 0.15) is 5.82 Å². The molecular weight excluding hydrogens is 340 g/mol. The van der Waals surface area contributed by atoms with E-state index in [1.54, 1.807) is 18.6 Å². The predicted octanol–water partition coefficient (Wildman–Crippen LogP) is 2.19. The Hall–Kier alpha value is -3.09. The van der Waals surface area contributed by atoms with Gasteiger partial charge in [0, 0.05) is 55.8 Å². The summed E-state index contributed by atoms with van der Waals surface area (Å²) in [5, 5.41) is 11.9. The molecule has 7 nitrogen and oxygen atoms in total. The lowest BCUT2D eigenvalue weighted by Crippen LogP contribution is -2.35. The fourth-order valence-electron chi connectivity index (χ4n) is 3.44. The Morgan fingerprint density at radius 2 is 1.96 bits per heavy atom. The zero-order chi connectivity index (χ0) is 18.5. The molecule has 0 bridgehead atoms. The van der Waals surface area contributed by atoms with E-state index in [1.165, 1.54) is 0 Å². The zero-order valence-corrected chi connectivity index (χ0v) is 15.1. The van der Waals surface area contributed by atoms with Gasteiger partial charge >= 0.3 is 0 Å². The molecule has 0 spiro atoms. The number of aryl methyl sites for hydroxylation is 2. The molecular formula is C20H22N6O.